The van der Waals surface area contributed by atoms with Crippen LogP contribution < -0.4 is 0 Å². The van der Waals surface area contributed by atoms with E-state index in [1.807, 2.05) is 26.0 Å². The number of hydrogen-bond donors (Lipinski definition) is 0. The van der Waals surface area contributed by atoms with Crippen molar-refractivity contribution in [3.05, 3.63) is 95.6 Å². The van der Waals surface area contributed by atoms with Crippen LogP contribution in [0, 0.1) is 25.5 Å². The first kappa shape index (κ1) is 22.8. The number of sulfone groups is 1. The van der Waals surface area contributed by atoms with Gasteiger partial charge in [-0.05, 0) is 72.5 Å². The molecule has 0 saturated carbocycles. The Labute approximate surface area is 200 Å². The van der Waals surface area contributed by atoms with E-state index >= 15 is 0 Å². The molecule has 0 radical (unpaired) electrons. The molecule has 9 heteroatoms. The molecule has 2 heterocycles. The highest BCUT2D eigenvalue weighted by Gasteiger charge is 2.19. The van der Waals surface area contributed by atoms with E-state index in [0.717, 1.165) is 22.8 Å². The largest absolute Gasteiger partial charge is 0.364 e. The summed E-state index contributed by atoms with van der Waals surface area (Å²) in [5.41, 5.74) is 5.06. The average Bonchev–Trinajstić information content (AvgIpc) is 3.31. The first-order chi connectivity index (χ1) is 16.7. The first-order valence-electron chi connectivity index (χ1n) is 10.7. The first-order valence-corrected chi connectivity index (χ1v) is 12.3. The van der Waals surface area contributed by atoms with Crippen LogP contribution in [0.15, 0.2) is 76.6 Å². The van der Waals surface area contributed by atoms with Gasteiger partial charge in [-0.15, -0.1) is 0 Å². The molecule has 5 aromatic rings. The van der Waals surface area contributed by atoms with Crippen LogP contribution in [0.4, 0.5) is 8.78 Å². The fourth-order valence-corrected chi connectivity index (χ4v) is 5.40. The fourth-order valence-electron chi connectivity index (χ4n) is 4.13. The Bertz CT molecular complexity index is 1660. The predicted molar refractivity (Wildman–Crippen MR) is 127 cm³/mol. The van der Waals surface area contributed by atoms with Gasteiger partial charge in [-0.1, -0.05) is 11.2 Å². The van der Waals surface area contributed by atoms with Crippen molar-refractivity contribution in [2.75, 3.05) is 0 Å². The summed E-state index contributed by atoms with van der Waals surface area (Å²) in [6.07, 6.45) is 2.71. The monoisotopic (exact) mass is 491 g/mol. The van der Waals surface area contributed by atoms with Gasteiger partial charge in [0.2, 0.25) is 0 Å². The van der Waals surface area contributed by atoms with Crippen molar-refractivity contribution in [3.63, 3.8) is 0 Å². The van der Waals surface area contributed by atoms with Crippen molar-refractivity contribution in [2.24, 2.45) is 0 Å². The second kappa shape index (κ2) is 8.66. The third kappa shape index (κ3) is 4.42. The number of halogens is 2. The minimum absolute atomic E-state index is 0.119. The minimum atomic E-state index is -3.65. The van der Waals surface area contributed by atoms with Gasteiger partial charge < -0.3 is 4.52 Å². The van der Waals surface area contributed by atoms with Crippen molar-refractivity contribution >= 4 is 20.7 Å². The van der Waals surface area contributed by atoms with E-state index in [1.165, 1.54) is 42.9 Å². The van der Waals surface area contributed by atoms with Gasteiger partial charge in [0, 0.05) is 23.1 Å². The van der Waals surface area contributed by atoms with Gasteiger partial charge in [-0.25, -0.2) is 27.2 Å². The van der Waals surface area contributed by atoms with Crippen LogP contribution in [0.5, 0.6) is 0 Å². The highest BCUT2D eigenvalue weighted by molar-refractivity contribution is 7.90. The quantitative estimate of drug-likeness (QED) is 0.308. The summed E-state index contributed by atoms with van der Waals surface area (Å²) in [7, 11) is -3.65. The van der Waals surface area contributed by atoms with E-state index in [-0.39, 0.29) is 10.6 Å². The number of nitrogens with zero attached hydrogens (tertiary/aromatic N) is 3. The lowest BCUT2D eigenvalue weighted by atomic mass is 9.92. The Kier molecular flexibility index (Phi) is 5.64. The molecular formula is C26H19F2N3O3S. The maximum absolute atomic E-state index is 13.8. The van der Waals surface area contributed by atoms with Gasteiger partial charge in [-0.3, -0.25) is 0 Å². The van der Waals surface area contributed by atoms with Gasteiger partial charge >= 0.3 is 0 Å². The van der Waals surface area contributed by atoms with Crippen molar-refractivity contribution in [1.29, 1.82) is 0 Å². The number of fused-ring (bicyclic) bond motifs is 1. The Morgan fingerprint density at radius 3 is 2.29 bits per heavy atom. The summed E-state index contributed by atoms with van der Waals surface area (Å²) in [6.45, 7) is 3.75. The standard InChI is InChI=1S/C26H19F2N3O3S/c1-15-8-24(16(2)7-23(15)17-9-18(27)11-19(28)10-17)26-22-4-3-21(12-25(22)29-14-30-26)35(32,33)13-20-5-6-34-31-20/h3-12,14H,13H2,1-2H3. The molecule has 0 N–H and O–H groups in total. The van der Waals surface area contributed by atoms with Crippen LogP contribution in [-0.4, -0.2) is 23.5 Å². The maximum Gasteiger partial charge on any atom is 0.184 e. The zero-order valence-corrected chi connectivity index (χ0v) is 19.6. The Morgan fingerprint density at radius 2 is 1.57 bits per heavy atom. The molecule has 0 spiro atoms. The zero-order chi connectivity index (χ0) is 24.7. The Hall–Kier alpha value is -3.98. The molecule has 0 aliphatic carbocycles. The minimum Gasteiger partial charge on any atom is -0.364 e. The fraction of sp³-hybridized carbons (Fsp3) is 0.115. The average molecular weight is 492 g/mol. The van der Waals surface area contributed by atoms with E-state index in [1.54, 1.807) is 6.07 Å². The van der Waals surface area contributed by atoms with Crippen LogP contribution in [0.2, 0.25) is 0 Å². The predicted octanol–water partition coefficient (Wildman–Crippen LogP) is 5.82. The van der Waals surface area contributed by atoms with Crippen molar-refractivity contribution in [3.8, 4) is 22.4 Å². The molecule has 0 aliphatic heterocycles. The van der Waals surface area contributed by atoms with E-state index in [0.29, 0.717) is 33.4 Å². The molecule has 0 unspecified atom stereocenters. The molecule has 176 valence electrons. The van der Waals surface area contributed by atoms with E-state index in [4.69, 9.17) is 4.52 Å². The SMILES string of the molecule is Cc1cc(-c2ncnc3cc(S(=O)(=O)Cc4ccon4)ccc23)c(C)cc1-c1cc(F)cc(F)c1. The molecule has 35 heavy (non-hydrogen) atoms. The van der Waals surface area contributed by atoms with Crippen LogP contribution in [-0.2, 0) is 15.6 Å². The summed E-state index contributed by atoms with van der Waals surface area (Å²) < 4.78 is 58.0. The molecular weight excluding hydrogens is 472 g/mol. The lowest BCUT2D eigenvalue weighted by Crippen LogP contribution is -2.05. The lowest BCUT2D eigenvalue weighted by molar-refractivity contribution is 0.413. The van der Waals surface area contributed by atoms with Crippen LogP contribution in [0.1, 0.15) is 16.8 Å². The normalized spacial score (nSPS) is 11.8. The van der Waals surface area contributed by atoms with Gasteiger partial charge in [0.15, 0.2) is 9.84 Å². The zero-order valence-electron chi connectivity index (χ0n) is 18.8. The van der Waals surface area contributed by atoms with Crippen LogP contribution >= 0.6 is 0 Å². The third-order valence-corrected chi connectivity index (χ3v) is 7.44. The molecule has 0 saturated heterocycles. The molecule has 0 aliphatic rings. The van der Waals surface area contributed by atoms with Gasteiger partial charge in [0.05, 0.1) is 21.8 Å². The molecule has 0 bridgehead atoms. The Balaban J connectivity index is 1.58. The van der Waals surface area contributed by atoms with E-state index in [9.17, 15) is 17.2 Å². The molecule has 0 fully saturated rings. The van der Waals surface area contributed by atoms with Crippen molar-refractivity contribution in [2.45, 2.75) is 24.5 Å². The summed E-state index contributed by atoms with van der Waals surface area (Å²) >= 11 is 0. The number of rotatable bonds is 5. The molecule has 3 aromatic carbocycles. The summed E-state index contributed by atoms with van der Waals surface area (Å²) in [5, 5.41) is 4.36. The lowest BCUT2D eigenvalue weighted by Gasteiger charge is -2.14. The van der Waals surface area contributed by atoms with E-state index in [2.05, 4.69) is 15.1 Å². The van der Waals surface area contributed by atoms with Crippen LogP contribution in [0.3, 0.4) is 0 Å². The highest BCUT2D eigenvalue weighted by atomic mass is 32.2. The van der Waals surface area contributed by atoms with Crippen molar-refractivity contribution < 1.29 is 21.7 Å². The Morgan fingerprint density at radius 1 is 0.857 bits per heavy atom. The summed E-state index contributed by atoms with van der Waals surface area (Å²) in [4.78, 5) is 8.86. The number of aromatic nitrogens is 3. The smallest absolute Gasteiger partial charge is 0.184 e. The van der Waals surface area contributed by atoms with Gasteiger partial charge in [-0.2, -0.15) is 0 Å². The topological polar surface area (TPSA) is 86.0 Å². The van der Waals surface area contributed by atoms with Crippen LogP contribution in [0.25, 0.3) is 33.3 Å². The number of benzene rings is 3. The summed E-state index contributed by atoms with van der Waals surface area (Å²) in [5.74, 6) is -1.57. The molecule has 6 nitrogen and oxygen atoms in total. The third-order valence-electron chi connectivity index (χ3n) is 5.80. The molecule has 5 rings (SSSR count). The molecule has 2 aromatic heterocycles. The highest BCUT2D eigenvalue weighted by Crippen LogP contribution is 2.35. The number of aryl methyl sites for hydroxylation is 2. The summed E-state index contributed by atoms with van der Waals surface area (Å²) in [6, 6.07) is 13.4. The molecule has 0 atom stereocenters. The van der Waals surface area contributed by atoms with Gasteiger partial charge in [0.25, 0.3) is 0 Å². The van der Waals surface area contributed by atoms with Gasteiger partial charge in [0.1, 0.15) is 30.0 Å². The molecule has 0 amide bonds. The van der Waals surface area contributed by atoms with Crippen molar-refractivity contribution in [1.82, 2.24) is 15.1 Å². The number of hydrogen-bond acceptors (Lipinski definition) is 6. The second-order valence-corrected chi connectivity index (χ2v) is 10.3. The second-order valence-electron chi connectivity index (χ2n) is 8.29. The maximum atomic E-state index is 13.8. The van der Waals surface area contributed by atoms with E-state index < -0.39 is 21.5 Å².